The quantitative estimate of drug-likeness (QED) is 0.426. The lowest BCUT2D eigenvalue weighted by Gasteiger charge is -2.12. The molecule has 1 amide bonds. The molecule has 0 aliphatic heterocycles. The van der Waals surface area contributed by atoms with Crippen LogP contribution in [0.3, 0.4) is 0 Å². The Labute approximate surface area is 178 Å². The van der Waals surface area contributed by atoms with E-state index in [1.807, 2.05) is 43.3 Å². The van der Waals surface area contributed by atoms with Crippen LogP contribution in [0.1, 0.15) is 23.0 Å². The Morgan fingerprint density at radius 2 is 1.68 bits per heavy atom. The van der Waals surface area contributed by atoms with Crippen molar-refractivity contribution in [3.63, 3.8) is 0 Å². The topological polar surface area (TPSA) is 104 Å². The van der Waals surface area contributed by atoms with Gasteiger partial charge in [-0.25, -0.2) is 14.8 Å². The molecule has 0 saturated heterocycles. The Kier molecular flexibility index (Phi) is 5.32. The van der Waals surface area contributed by atoms with E-state index in [2.05, 4.69) is 32.7 Å². The third kappa shape index (κ3) is 4.51. The molecule has 0 saturated carbocycles. The summed E-state index contributed by atoms with van der Waals surface area (Å²) in [6, 6.07) is 20.7. The first-order chi connectivity index (χ1) is 14.9. The Morgan fingerprint density at radius 1 is 0.903 bits per heavy atom. The van der Waals surface area contributed by atoms with Crippen LogP contribution in [-0.4, -0.2) is 27.0 Å². The number of nitrogens with zero attached hydrogens (tertiary/aromatic N) is 2. The third-order valence-electron chi connectivity index (χ3n) is 4.72. The Morgan fingerprint density at radius 3 is 2.42 bits per heavy atom. The molecule has 0 spiro atoms. The maximum Gasteiger partial charge on any atom is 0.337 e. The highest BCUT2D eigenvalue weighted by Gasteiger charge is 2.14. The van der Waals surface area contributed by atoms with Crippen molar-refractivity contribution < 1.29 is 14.7 Å². The molecule has 7 heteroatoms. The Hall–Kier alpha value is -4.26. The molecule has 3 aromatic carbocycles. The van der Waals surface area contributed by atoms with Gasteiger partial charge in [0.1, 0.15) is 0 Å². The second-order valence-corrected chi connectivity index (χ2v) is 7.15. The van der Waals surface area contributed by atoms with Crippen molar-refractivity contribution in [1.29, 1.82) is 0 Å². The van der Waals surface area contributed by atoms with Crippen LogP contribution in [-0.2, 0) is 4.79 Å². The summed E-state index contributed by atoms with van der Waals surface area (Å²) in [7, 11) is 0. The van der Waals surface area contributed by atoms with E-state index < -0.39 is 5.97 Å². The SMILES string of the molecule is CC(=O)Nc1ccc(Nc2nc(C)cc(-c3ccc4ccccc4c3)n2)c(C(=O)O)c1. The summed E-state index contributed by atoms with van der Waals surface area (Å²) in [6.45, 7) is 3.22. The van der Waals surface area contributed by atoms with E-state index in [4.69, 9.17) is 0 Å². The predicted molar refractivity (Wildman–Crippen MR) is 121 cm³/mol. The molecule has 0 fully saturated rings. The lowest BCUT2D eigenvalue weighted by Crippen LogP contribution is -2.09. The number of carbonyl (C=O) groups is 2. The predicted octanol–water partition coefficient (Wildman–Crippen LogP) is 5.01. The molecule has 3 N–H and O–H groups in total. The van der Waals surface area contributed by atoms with Crippen LogP contribution in [0.4, 0.5) is 17.3 Å². The van der Waals surface area contributed by atoms with Crippen molar-refractivity contribution in [3.05, 3.63) is 78.0 Å². The van der Waals surface area contributed by atoms with Gasteiger partial charge in [-0.3, -0.25) is 4.79 Å². The van der Waals surface area contributed by atoms with Gasteiger partial charge in [-0.05, 0) is 48.0 Å². The number of aromatic carboxylic acids is 1. The highest BCUT2D eigenvalue weighted by molar-refractivity contribution is 5.98. The number of benzene rings is 3. The van der Waals surface area contributed by atoms with Gasteiger partial charge < -0.3 is 15.7 Å². The molecule has 0 atom stereocenters. The molecule has 154 valence electrons. The lowest BCUT2D eigenvalue weighted by molar-refractivity contribution is -0.114. The van der Waals surface area contributed by atoms with Crippen LogP contribution in [0.15, 0.2) is 66.7 Å². The van der Waals surface area contributed by atoms with Crippen LogP contribution in [0.2, 0.25) is 0 Å². The van der Waals surface area contributed by atoms with Gasteiger partial charge in [-0.2, -0.15) is 0 Å². The maximum atomic E-state index is 11.7. The minimum atomic E-state index is -1.13. The molecule has 7 nitrogen and oxygen atoms in total. The van der Waals surface area contributed by atoms with E-state index in [-0.39, 0.29) is 17.4 Å². The molecule has 0 aliphatic carbocycles. The first-order valence-electron chi connectivity index (χ1n) is 9.66. The summed E-state index contributed by atoms with van der Waals surface area (Å²) in [5.41, 5.74) is 3.14. The van der Waals surface area contributed by atoms with Gasteiger partial charge in [-0.1, -0.05) is 36.4 Å². The summed E-state index contributed by atoms with van der Waals surface area (Å²) in [4.78, 5) is 32.0. The van der Waals surface area contributed by atoms with Crippen LogP contribution in [0, 0.1) is 6.92 Å². The van der Waals surface area contributed by atoms with Gasteiger partial charge >= 0.3 is 5.97 Å². The smallest absolute Gasteiger partial charge is 0.337 e. The molecule has 0 aliphatic rings. The number of aryl methyl sites for hydroxylation is 1. The second kappa shape index (κ2) is 8.23. The number of nitrogens with one attached hydrogen (secondary N) is 2. The zero-order valence-electron chi connectivity index (χ0n) is 17.0. The van der Waals surface area contributed by atoms with Crippen molar-refractivity contribution in [3.8, 4) is 11.3 Å². The zero-order valence-corrected chi connectivity index (χ0v) is 17.0. The van der Waals surface area contributed by atoms with Crippen molar-refractivity contribution in [2.24, 2.45) is 0 Å². The van der Waals surface area contributed by atoms with E-state index >= 15 is 0 Å². The molecule has 0 radical (unpaired) electrons. The third-order valence-corrected chi connectivity index (χ3v) is 4.72. The van der Waals surface area contributed by atoms with Gasteiger partial charge in [0.2, 0.25) is 11.9 Å². The lowest BCUT2D eigenvalue weighted by atomic mass is 10.0. The number of hydrogen-bond acceptors (Lipinski definition) is 5. The monoisotopic (exact) mass is 412 g/mol. The summed E-state index contributed by atoms with van der Waals surface area (Å²) in [5.74, 6) is -1.12. The number of carbonyl (C=O) groups excluding carboxylic acids is 1. The van der Waals surface area contributed by atoms with Crippen LogP contribution >= 0.6 is 0 Å². The van der Waals surface area contributed by atoms with Crippen LogP contribution in [0.25, 0.3) is 22.0 Å². The van der Waals surface area contributed by atoms with Crippen molar-refractivity contribution in [2.45, 2.75) is 13.8 Å². The molecular weight excluding hydrogens is 392 g/mol. The minimum Gasteiger partial charge on any atom is -0.478 e. The standard InChI is InChI=1S/C24H20N4O3/c1-14-11-22(18-8-7-16-5-3-4-6-17(16)12-18)28-24(25-14)27-21-10-9-19(26-15(2)29)13-20(21)23(30)31/h3-13H,1-2H3,(H,26,29)(H,30,31)(H,25,27,28). The van der Waals surface area contributed by atoms with E-state index in [1.54, 1.807) is 12.1 Å². The largest absolute Gasteiger partial charge is 0.478 e. The van der Waals surface area contributed by atoms with Crippen LogP contribution < -0.4 is 10.6 Å². The normalized spacial score (nSPS) is 10.6. The highest BCUT2D eigenvalue weighted by Crippen LogP contribution is 2.27. The number of carboxylic acid groups (broad SMARTS) is 1. The summed E-state index contributed by atoms with van der Waals surface area (Å²) in [6.07, 6.45) is 0. The Balaban J connectivity index is 1.70. The molecule has 4 rings (SSSR count). The van der Waals surface area contributed by atoms with E-state index in [0.29, 0.717) is 11.4 Å². The van der Waals surface area contributed by atoms with E-state index in [0.717, 1.165) is 27.7 Å². The number of rotatable bonds is 5. The molecule has 0 unspecified atom stereocenters. The molecule has 0 bridgehead atoms. The fourth-order valence-corrected chi connectivity index (χ4v) is 3.35. The average Bonchev–Trinajstić information content (AvgIpc) is 2.73. The van der Waals surface area contributed by atoms with Crippen LogP contribution in [0.5, 0.6) is 0 Å². The summed E-state index contributed by atoms with van der Waals surface area (Å²) < 4.78 is 0. The van der Waals surface area contributed by atoms with Gasteiger partial charge in [0.05, 0.1) is 16.9 Å². The van der Waals surface area contributed by atoms with Crippen molar-refractivity contribution in [1.82, 2.24) is 9.97 Å². The van der Waals surface area contributed by atoms with Gasteiger partial charge in [-0.15, -0.1) is 0 Å². The summed E-state index contributed by atoms with van der Waals surface area (Å²) >= 11 is 0. The van der Waals surface area contributed by atoms with Gasteiger partial charge in [0, 0.05) is 23.9 Å². The first kappa shape index (κ1) is 20.0. The molecule has 4 aromatic rings. The molecule has 1 aromatic heterocycles. The number of amides is 1. The Bertz CT molecular complexity index is 1320. The number of carboxylic acids is 1. The minimum absolute atomic E-state index is 0.00334. The average molecular weight is 412 g/mol. The van der Waals surface area contributed by atoms with E-state index in [9.17, 15) is 14.7 Å². The number of anilines is 3. The number of hydrogen-bond donors (Lipinski definition) is 3. The molecular formula is C24H20N4O3. The second-order valence-electron chi connectivity index (χ2n) is 7.15. The van der Waals surface area contributed by atoms with Gasteiger partial charge in [0.25, 0.3) is 0 Å². The van der Waals surface area contributed by atoms with E-state index in [1.165, 1.54) is 13.0 Å². The molecule has 1 heterocycles. The fraction of sp³-hybridized carbons (Fsp3) is 0.0833. The van der Waals surface area contributed by atoms with Crippen molar-refractivity contribution >= 4 is 40.0 Å². The zero-order chi connectivity index (χ0) is 22.0. The van der Waals surface area contributed by atoms with Gasteiger partial charge in [0.15, 0.2) is 0 Å². The first-order valence-corrected chi connectivity index (χ1v) is 9.66. The summed E-state index contributed by atoms with van der Waals surface area (Å²) in [5, 5.41) is 17.4. The number of fused-ring (bicyclic) bond motifs is 1. The highest BCUT2D eigenvalue weighted by atomic mass is 16.4. The van der Waals surface area contributed by atoms with Crippen molar-refractivity contribution in [2.75, 3.05) is 10.6 Å². The maximum absolute atomic E-state index is 11.7. The fourth-order valence-electron chi connectivity index (χ4n) is 3.35. The number of aromatic nitrogens is 2. The molecule has 31 heavy (non-hydrogen) atoms.